The highest BCUT2D eigenvalue weighted by molar-refractivity contribution is 5.46. The molecule has 1 aromatic carbocycles. The first-order chi connectivity index (χ1) is 6.31. The van der Waals surface area contributed by atoms with Crippen molar-refractivity contribution in [3.05, 3.63) is 23.8 Å². The number of benzene rings is 1. The summed E-state index contributed by atoms with van der Waals surface area (Å²) in [6.45, 7) is 0.621. The van der Waals surface area contributed by atoms with Gasteiger partial charge in [-0.1, -0.05) is 12.1 Å². The molecule has 0 saturated heterocycles. The molecule has 0 aliphatic carbocycles. The van der Waals surface area contributed by atoms with Crippen molar-refractivity contribution in [2.45, 2.75) is 6.42 Å². The van der Waals surface area contributed by atoms with Crippen molar-refractivity contribution in [2.75, 3.05) is 13.2 Å². The molecule has 0 aromatic heterocycles. The van der Waals surface area contributed by atoms with Crippen LogP contribution in [0.1, 0.15) is 5.56 Å². The van der Waals surface area contributed by atoms with Crippen molar-refractivity contribution in [1.82, 2.24) is 0 Å². The van der Waals surface area contributed by atoms with Gasteiger partial charge in [0, 0.05) is 12.5 Å². The van der Waals surface area contributed by atoms with E-state index in [-0.39, 0.29) is 18.3 Å². The first-order valence-corrected chi connectivity index (χ1v) is 4.35. The Kier molecular flexibility index (Phi) is 2.10. The van der Waals surface area contributed by atoms with Crippen LogP contribution in [0.4, 0.5) is 0 Å². The lowest BCUT2D eigenvalue weighted by Gasteiger charge is -2.24. The summed E-state index contributed by atoms with van der Waals surface area (Å²) in [5.41, 5.74) is 0.977. The van der Waals surface area contributed by atoms with E-state index in [1.54, 1.807) is 12.1 Å². The maximum atomic E-state index is 9.43. The number of aliphatic hydroxyl groups excluding tert-OH is 1. The molecule has 3 nitrogen and oxygen atoms in total. The largest absolute Gasteiger partial charge is 0.504 e. The third-order valence-electron chi connectivity index (χ3n) is 2.31. The molecule has 1 aliphatic heterocycles. The van der Waals surface area contributed by atoms with Gasteiger partial charge in [-0.2, -0.15) is 0 Å². The summed E-state index contributed by atoms with van der Waals surface area (Å²) in [5.74, 6) is 0.926. The van der Waals surface area contributed by atoms with E-state index < -0.39 is 0 Å². The Morgan fingerprint density at radius 1 is 1.46 bits per heavy atom. The first-order valence-electron chi connectivity index (χ1n) is 4.35. The van der Waals surface area contributed by atoms with Gasteiger partial charge >= 0.3 is 0 Å². The van der Waals surface area contributed by atoms with Crippen LogP contribution in [0.5, 0.6) is 11.5 Å². The molecule has 0 saturated carbocycles. The Bertz CT molecular complexity index is 309. The Labute approximate surface area is 76.6 Å². The maximum Gasteiger partial charge on any atom is 0.164 e. The minimum atomic E-state index is 0.134. The number of phenols is 1. The van der Waals surface area contributed by atoms with Gasteiger partial charge in [0.15, 0.2) is 11.5 Å². The van der Waals surface area contributed by atoms with E-state index in [0.29, 0.717) is 12.4 Å². The molecule has 13 heavy (non-hydrogen) atoms. The standard InChI is InChI=1S/C10H12O3/c11-5-7-4-8-2-1-3-9(12)10(8)13-6-7/h1-3,7,11-12H,4-6H2. The SMILES string of the molecule is OCC1COc2c(O)cccc2C1. The lowest BCUT2D eigenvalue weighted by molar-refractivity contribution is 0.143. The quantitative estimate of drug-likeness (QED) is 0.676. The summed E-state index contributed by atoms with van der Waals surface area (Å²) in [7, 11) is 0. The summed E-state index contributed by atoms with van der Waals surface area (Å²) in [6.07, 6.45) is 0.778. The Balaban J connectivity index is 2.31. The zero-order valence-corrected chi connectivity index (χ0v) is 7.23. The minimum absolute atomic E-state index is 0.134. The molecule has 1 aromatic rings. The fraction of sp³-hybridized carbons (Fsp3) is 0.400. The highest BCUT2D eigenvalue weighted by atomic mass is 16.5. The molecule has 70 valence electrons. The average molecular weight is 180 g/mol. The van der Waals surface area contributed by atoms with E-state index in [0.717, 1.165) is 12.0 Å². The predicted octanol–water partition coefficient (Wildman–Crippen LogP) is 0.936. The van der Waals surface area contributed by atoms with Gasteiger partial charge in [0.1, 0.15) is 0 Å². The summed E-state index contributed by atoms with van der Waals surface area (Å²) in [4.78, 5) is 0. The van der Waals surface area contributed by atoms with E-state index in [4.69, 9.17) is 9.84 Å². The molecule has 1 atom stereocenters. The number of fused-ring (bicyclic) bond motifs is 1. The number of ether oxygens (including phenoxy) is 1. The third-order valence-corrected chi connectivity index (χ3v) is 2.31. The molecule has 1 unspecified atom stereocenters. The predicted molar refractivity (Wildman–Crippen MR) is 47.9 cm³/mol. The molecule has 1 aliphatic rings. The van der Waals surface area contributed by atoms with Gasteiger partial charge < -0.3 is 14.9 Å². The highest BCUT2D eigenvalue weighted by Gasteiger charge is 2.20. The van der Waals surface area contributed by atoms with E-state index >= 15 is 0 Å². The fourth-order valence-electron chi connectivity index (χ4n) is 1.59. The van der Waals surface area contributed by atoms with E-state index in [9.17, 15) is 5.11 Å². The monoisotopic (exact) mass is 180 g/mol. The van der Waals surface area contributed by atoms with Crippen LogP contribution in [-0.2, 0) is 6.42 Å². The van der Waals surface area contributed by atoms with Crippen LogP contribution < -0.4 is 4.74 Å². The number of aliphatic hydroxyl groups is 1. The summed E-state index contributed by atoms with van der Waals surface area (Å²) < 4.78 is 5.35. The second kappa shape index (κ2) is 3.26. The van der Waals surface area contributed by atoms with Gasteiger partial charge in [-0.05, 0) is 18.1 Å². The van der Waals surface area contributed by atoms with Crippen LogP contribution in [0.3, 0.4) is 0 Å². The van der Waals surface area contributed by atoms with Crippen LogP contribution in [-0.4, -0.2) is 23.4 Å². The molecule has 1 heterocycles. The Morgan fingerprint density at radius 2 is 2.31 bits per heavy atom. The minimum Gasteiger partial charge on any atom is -0.504 e. The molecule has 0 radical (unpaired) electrons. The molecule has 0 fully saturated rings. The van der Waals surface area contributed by atoms with Crippen molar-refractivity contribution < 1.29 is 14.9 Å². The molecular weight excluding hydrogens is 168 g/mol. The van der Waals surface area contributed by atoms with Gasteiger partial charge in [-0.25, -0.2) is 0 Å². The van der Waals surface area contributed by atoms with Crippen LogP contribution in [0.2, 0.25) is 0 Å². The third kappa shape index (κ3) is 1.47. The second-order valence-corrected chi connectivity index (χ2v) is 3.33. The summed E-state index contributed by atoms with van der Waals surface area (Å²) in [6, 6.07) is 5.31. The number of hydrogen-bond acceptors (Lipinski definition) is 3. The molecule has 0 bridgehead atoms. The van der Waals surface area contributed by atoms with Crippen molar-refractivity contribution in [3.8, 4) is 11.5 Å². The zero-order chi connectivity index (χ0) is 9.26. The molecule has 2 N–H and O–H groups in total. The van der Waals surface area contributed by atoms with Crippen molar-refractivity contribution in [3.63, 3.8) is 0 Å². The van der Waals surface area contributed by atoms with E-state index in [1.807, 2.05) is 6.07 Å². The molecule has 0 amide bonds. The Hall–Kier alpha value is -1.22. The Morgan fingerprint density at radius 3 is 3.08 bits per heavy atom. The highest BCUT2D eigenvalue weighted by Crippen LogP contribution is 2.34. The first kappa shape index (κ1) is 8.38. The van der Waals surface area contributed by atoms with Crippen LogP contribution in [0.15, 0.2) is 18.2 Å². The smallest absolute Gasteiger partial charge is 0.164 e. The number of phenolic OH excluding ortho intramolecular Hbond substituents is 1. The summed E-state index contributed by atoms with van der Waals surface area (Å²) in [5, 5.41) is 18.4. The van der Waals surface area contributed by atoms with Crippen molar-refractivity contribution in [1.29, 1.82) is 0 Å². The van der Waals surface area contributed by atoms with Gasteiger partial charge in [-0.3, -0.25) is 0 Å². The second-order valence-electron chi connectivity index (χ2n) is 3.33. The zero-order valence-electron chi connectivity index (χ0n) is 7.23. The normalized spacial score (nSPS) is 20.5. The van der Waals surface area contributed by atoms with Crippen molar-refractivity contribution >= 4 is 0 Å². The lowest BCUT2D eigenvalue weighted by Crippen LogP contribution is -2.23. The van der Waals surface area contributed by atoms with Gasteiger partial charge in [-0.15, -0.1) is 0 Å². The van der Waals surface area contributed by atoms with Crippen LogP contribution in [0, 0.1) is 5.92 Å². The van der Waals surface area contributed by atoms with Crippen LogP contribution in [0.25, 0.3) is 0 Å². The molecule has 2 rings (SSSR count). The number of para-hydroxylation sites is 1. The lowest BCUT2D eigenvalue weighted by atomic mass is 9.97. The average Bonchev–Trinajstić information content (AvgIpc) is 2.18. The van der Waals surface area contributed by atoms with Gasteiger partial charge in [0.2, 0.25) is 0 Å². The number of hydrogen-bond donors (Lipinski definition) is 2. The van der Waals surface area contributed by atoms with Crippen LogP contribution >= 0.6 is 0 Å². The molecule has 3 heteroatoms. The van der Waals surface area contributed by atoms with Crippen molar-refractivity contribution in [2.24, 2.45) is 5.92 Å². The topological polar surface area (TPSA) is 49.7 Å². The fourth-order valence-corrected chi connectivity index (χ4v) is 1.59. The van der Waals surface area contributed by atoms with E-state index in [2.05, 4.69) is 0 Å². The number of rotatable bonds is 1. The maximum absolute atomic E-state index is 9.43. The van der Waals surface area contributed by atoms with Gasteiger partial charge in [0.25, 0.3) is 0 Å². The van der Waals surface area contributed by atoms with Gasteiger partial charge in [0.05, 0.1) is 6.61 Å². The number of aromatic hydroxyl groups is 1. The van der Waals surface area contributed by atoms with E-state index in [1.165, 1.54) is 0 Å². The summed E-state index contributed by atoms with van der Waals surface area (Å²) >= 11 is 0. The molecular formula is C10H12O3. The molecule has 0 spiro atoms.